The van der Waals surface area contributed by atoms with Gasteiger partial charge in [-0.05, 0) is 61.7 Å². The van der Waals surface area contributed by atoms with Crippen molar-refractivity contribution in [3.63, 3.8) is 0 Å². The van der Waals surface area contributed by atoms with Crippen molar-refractivity contribution in [3.8, 4) is 0 Å². The van der Waals surface area contributed by atoms with Crippen LogP contribution >= 0.6 is 0 Å². The summed E-state index contributed by atoms with van der Waals surface area (Å²) in [6.07, 6.45) is 4.92. The molecule has 23 heavy (non-hydrogen) atoms. The molecule has 0 aromatic rings. The molecule has 4 heteroatoms. The smallest absolute Gasteiger partial charge is 0.295 e. The molecule has 0 spiro atoms. The molecule has 0 aliphatic heterocycles. The molecule has 0 bridgehead atoms. The number of halogens is 2. The fraction of sp³-hybridized carbons (Fsp3) is 0.842. The zero-order valence-corrected chi connectivity index (χ0v) is 13.9. The van der Waals surface area contributed by atoms with Crippen LogP contribution in [0, 0.1) is 28.6 Å². The molecule has 0 heterocycles. The quantitative estimate of drug-likeness (QED) is 0.681. The molecule has 4 rings (SSSR count). The molecule has 4 aliphatic carbocycles. The van der Waals surface area contributed by atoms with Crippen LogP contribution in [0.1, 0.15) is 58.8 Å². The molecule has 6 atom stereocenters. The highest BCUT2D eigenvalue weighted by atomic mass is 19.3. The lowest BCUT2D eigenvalue weighted by molar-refractivity contribution is -0.146. The molecule has 1 N–H and O–H groups in total. The number of carbonyl (C=O) groups excluding carboxylic acids is 1. The second-order valence-electron chi connectivity index (χ2n) is 8.74. The molecule has 0 unspecified atom stereocenters. The van der Waals surface area contributed by atoms with Crippen LogP contribution in [-0.2, 0) is 4.79 Å². The Hall–Kier alpha value is -0.770. The molecule has 0 radical (unpaired) electrons. The molecule has 0 saturated heterocycles. The lowest BCUT2D eigenvalue weighted by Crippen LogP contribution is -2.55. The lowest BCUT2D eigenvalue weighted by Gasteiger charge is -2.57. The summed E-state index contributed by atoms with van der Waals surface area (Å²) in [6.45, 7) is 4.08. The van der Waals surface area contributed by atoms with Gasteiger partial charge >= 0.3 is 0 Å². The zero-order valence-electron chi connectivity index (χ0n) is 13.9. The fourth-order valence-electron chi connectivity index (χ4n) is 6.50. The normalized spacial score (nSPS) is 51.5. The number of alkyl halides is 2. The highest BCUT2D eigenvalue weighted by molar-refractivity contribution is 5.87. The Balaban J connectivity index is 1.74. The Morgan fingerprint density at radius 2 is 1.74 bits per heavy atom. The molecule has 0 aromatic carbocycles. The van der Waals surface area contributed by atoms with E-state index >= 15 is 0 Å². The predicted octanol–water partition coefficient (Wildman–Crippen LogP) is 4.12. The van der Waals surface area contributed by atoms with Crippen molar-refractivity contribution in [2.45, 2.75) is 70.8 Å². The second kappa shape index (κ2) is 4.65. The number of aliphatic hydroxyl groups excluding tert-OH is 1. The Labute approximate surface area is 136 Å². The lowest BCUT2D eigenvalue weighted by atomic mass is 9.47. The summed E-state index contributed by atoms with van der Waals surface area (Å²) < 4.78 is 29.1. The van der Waals surface area contributed by atoms with Crippen LogP contribution in [0.2, 0.25) is 0 Å². The van der Waals surface area contributed by atoms with Gasteiger partial charge in [0.1, 0.15) is 11.9 Å². The highest BCUT2D eigenvalue weighted by Gasteiger charge is 2.63. The maximum absolute atomic E-state index is 14.6. The summed E-state index contributed by atoms with van der Waals surface area (Å²) in [6, 6.07) is 0. The molecule has 0 amide bonds. The third-order valence-electron chi connectivity index (χ3n) is 7.89. The van der Waals surface area contributed by atoms with Gasteiger partial charge in [-0.15, -0.1) is 0 Å². The van der Waals surface area contributed by atoms with Crippen molar-refractivity contribution >= 4 is 5.78 Å². The third kappa shape index (κ3) is 1.85. The first-order valence-electron chi connectivity index (χ1n) is 9.01. The van der Waals surface area contributed by atoms with Crippen molar-refractivity contribution in [3.05, 3.63) is 11.6 Å². The van der Waals surface area contributed by atoms with E-state index in [2.05, 4.69) is 6.92 Å². The summed E-state index contributed by atoms with van der Waals surface area (Å²) in [4.78, 5) is 12.3. The molecular formula is C19H26F2O2. The standard InChI is InChI=1S/C19H26F2O2/c1-17-10-8-16(23)19(20,21)14(17)5-3-11-12-4-6-15(22)18(12,2)9-7-13(11)17/h5,11-13,16,23H,3-4,6-10H2,1-2H3/t11-,12-,13-,16-,17+,18-/m0/s1. The number of fused-ring (bicyclic) bond motifs is 5. The Bertz CT molecular complexity index is 584. The maximum Gasteiger partial charge on any atom is 0.295 e. The Morgan fingerprint density at radius 3 is 2.48 bits per heavy atom. The minimum absolute atomic E-state index is 0.172. The van der Waals surface area contributed by atoms with Crippen LogP contribution in [0.5, 0.6) is 0 Å². The van der Waals surface area contributed by atoms with Gasteiger partial charge in [-0.25, -0.2) is 0 Å². The first-order chi connectivity index (χ1) is 10.7. The van der Waals surface area contributed by atoms with Crippen LogP contribution in [0.15, 0.2) is 11.6 Å². The van der Waals surface area contributed by atoms with Crippen molar-refractivity contribution in [1.29, 1.82) is 0 Å². The topological polar surface area (TPSA) is 37.3 Å². The summed E-state index contributed by atoms with van der Waals surface area (Å²) in [5.41, 5.74) is -0.559. The average Bonchev–Trinajstić information content (AvgIpc) is 2.79. The Kier molecular flexibility index (Phi) is 3.18. The summed E-state index contributed by atoms with van der Waals surface area (Å²) >= 11 is 0. The van der Waals surface area contributed by atoms with E-state index < -0.39 is 17.4 Å². The maximum atomic E-state index is 14.6. The van der Waals surface area contributed by atoms with Crippen LogP contribution < -0.4 is 0 Å². The number of Topliss-reactive ketones (excluding diaryl/α,β-unsaturated/α-hetero) is 1. The van der Waals surface area contributed by atoms with Crippen LogP contribution in [0.25, 0.3) is 0 Å². The third-order valence-corrected chi connectivity index (χ3v) is 7.89. The van der Waals surface area contributed by atoms with Gasteiger partial charge in [0.05, 0.1) is 0 Å². The minimum atomic E-state index is -3.09. The minimum Gasteiger partial charge on any atom is -0.386 e. The molecule has 3 fully saturated rings. The Morgan fingerprint density at radius 1 is 1.09 bits per heavy atom. The largest absolute Gasteiger partial charge is 0.386 e. The van der Waals surface area contributed by atoms with Crippen LogP contribution in [0.3, 0.4) is 0 Å². The number of hydrogen-bond donors (Lipinski definition) is 1. The summed E-state index contributed by atoms with van der Waals surface area (Å²) in [5.74, 6) is -1.79. The average molecular weight is 324 g/mol. The number of hydrogen-bond acceptors (Lipinski definition) is 2. The fourth-order valence-corrected chi connectivity index (χ4v) is 6.50. The van der Waals surface area contributed by atoms with Gasteiger partial charge in [0.2, 0.25) is 0 Å². The molecule has 2 nitrogen and oxygen atoms in total. The van der Waals surface area contributed by atoms with Gasteiger partial charge in [0, 0.05) is 17.4 Å². The van der Waals surface area contributed by atoms with E-state index in [1.165, 1.54) is 0 Å². The van der Waals surface area contributed by atoms with E-state index in [-0.39, 0.29) is 23.3 Å². The van der Waals surface area contributed by atoms with Crippen LogP contribution in [0.4, 0.5) is 8.78 Å². The number of aliphatic hydroxyl groups is 1. The van der Waals surface area contributed by atoms with E-state index in [4.69, 9.17) is 0 Å². The monoisotopic (exact) mass is 324 g/mol. The van der Waals surface area contributed by atoms with E-state index in [9.17, 15) is 18.7 Å². The van der Waals surface area contributed by atoms with Gasteiger partial charge in [-0.3, -0.25) is 4.79 Å². The number of ketones is 1. The number of carbonyl (C=O) groups is 1. The number of allylic oxidation sites excluding steroid dienone is 1. The molecule has 3 saturated carbocycles. The molecule has 128 valence electrons. The van der Waals surface area contributed by atoms with E-state index in [1.54, 1.807) is 6.08 Å². The molecule has 0 aromatic heterocycles. The van der Waals surface area contributed by atoms with Gasteiger partial charge < -0.3 is 5.11 Å². The van der Waals surface area contributed by atoms with Crippen molar-refractivity contribution < 1.29 is 18.7 Å². The number of rotatable bonds is 0. The molecular weight excluding hydrogens is 298 g/mol. The highest BCUT2D eigenvalue weighted by Crippen LogP contribution is 2.65. The van der Waals surface area contributed by atoms with E-state index in [1.807, 2.05) is 6.92 Å². The van der Waals surface area contributed by atoms with Crippen molar-refractivity contribution in [2.75, 3.05) is 0 Å². The summed E-state index contributed by atoms with van der Waals surface area (Å²) in [5, 5.41) is 9.78. The van der Waals surface area contributed by atoms with Crippen LogP contribution in [-0.4, -0.2) is 22.9 Å². The van der Waals surface area contributed by atoms with Gasteiger partial charge in [-0.1, -0.05) is 19.9 Å². The van der Waals surface area contributed by atoms with Gasteiger partial charge in [0.25, 0.3) is 5.92 Å². The first kappa shape index (κ1) is 15.7. The van der Waals surface area contributed by atoms with Gasteiger partial charge in [0.15, 0.2) is 0 Å². The zero-order chi connectivity index (χ0) is 16.6. The first-order valence-corrected chi connectivity index (χ1v) is 9.01. The van der Waals surface area contributed by atoms with E-state index in [0.717, 1.165) is 19.3 Å². The second-order valence-corrected chi connectivity index (χ2v) is 8.74. The molecule has 4 aliphatic rings. The van der Waals surface area contributed by atoms with Crippen molar-refractivity contribution in [1.82, 2.24) is 0 Å². The summed E-state index contributed by atoms with van der Waals surface area (Å²) in [7, 11) is 0. The predicted molar refractivity (Wildman–Crippen MR) is 83.0 cm³/mol. The van der Waals surface area contributed by atoms with Gasteiger partial charge in [-0.2, -0.15) is 8.78 Å². The SMILES string of the molecule is C[C@]12CC[C@H](O)C(F)(F)C1=CC[C@@H]1[C@@H]2CC[C@]2(C)C(=O)CC[C@@H]12. The van der Waals surface area contributed by atoms with Crippen molar-refractivity contribution in [2.24, 2.45) is 28.6 Å². The van der Waals surface area contributed by atoms with E-state index in [0.29, 0.717) is 36.9 Å².